The SMILES string of the molecule is CN1C(=O)CCC[C@@]12CCCN(Cc1ccc(F)cc1)C2. The summed E-state index contributed by atoms with van der Waals surface area (Å²) < 4.78 is 13.0. The molecule has 2 aliphatic rings. The van der Waals surface area contributed by atoms with E-state index in [0.29, 0.717) is 6.42 Å². The third kappa shape index (κ3) is 2.95. The number of amides is 1. The minimum atomic E-state index is -0.188. The van der Waals surface area contributed by atoms with Gasteiger partial charge in [-0.1, -0.05) is 12.1 Å². The van der Waals surface area contributed by atoms with Gasteiger partial charge >= 0.3 is 0 Å². The highest BCUT2D eigenvalue weighted by Crippen LogP contribution is 2.36. The second-order valence-electron chi connectivity index (χ2n) is 6.47. The molecule has 2 saturated heterocycles. The molecule has 2 aliphatic heterocycles. The zero-order valence-electron chi connectivity index (χ0n) is 12.6. The van der Waals surface area contributed by atoms with Crippen LogP contribution < -0.4 is 0 Å². The Morgan fingerprint density at radius 1 is 1.19 bits per heavy atom. The van der Waals surface area contributed by atoms with Crippen molar-refractivity contribution in [3.05, 3.63) is 35.6 Å². The Balaban J connectivity index is 1.70. The summed E-state index contributed by atoms with van der Waals surface area (Å²) in [7, 11) is 1.96. The number of halogens is 1. The molecule has 0 aliphatic carbocycles. The Morgan fingerprint density at radius 2 is 1.90 bits per heavy atom. The van der Waals surface area contributed by atoms with Gasteiger partial charge in [-0.3, -0.25) is 9.69 Å². The highest BCUT2D eigenvalue weighted by Gasteiger charge is 2.42. The lowest BCUT2D eigenvalue weighted by Gasteiger charge is -2.50. The molecule has 21 heavy (non-hydrogen) atoms. The van der Waals surface area contributed by atoms with Gasteiger partial charge < -0.3 is 4.90 Å². The zero-order chi connectivity index (χ0) is 14.9. The van der Waals surface area contributed by atoms with E-state index in [0.717, 1.165) is 50.9 Å². The van der Waals surface area contributed by atoms with E-state index in [9.17, 15) is 9.18 Å². The molecule has 114 valence electrons. The van der Waals surface area contributed by atoms with Crippen LogP contribution in [0.5, 0.6) is 0 Å². The van der Waals surface area contributed by atoms with Gasteiger partial charge in [0.25, 0.3) is 0 Å². The summed E-state index contributed by atoms with van der Waals surface area (Å²) in [6, 6.07) is 6.75. The molecule has 4 heteroatoms. The highest BCUT2D eigenvalue weighted by atomic mass is 19.1. The molecule has 3 nitrogen and oxygen atoms in total. The molecule has 2 fully saturated rings. The first-order chi connectivity index (χ1) is 10.1. The van der Waals surface area contributed by atoms with Gasteiger partial charge in [-0.2, -0.15) is 0 Å². The Bertz CT molecular complexity index is 512. The molecular formula is C17H23FN2O. The van der Waals surface area contributed by atoms with Gasteiger partial charge in [0.15, 0.2) is 0 Å². The molecule has 1 atom stereocenters. The smallest absolute Gasteiger partial charge is 0.222 e. The summed E-state index contributed by atoms with van der Waals surface area (Å²) in [5, 5.41) is 0. The molecule has 3 rings (SSSR count). The van der Waals surface area contributed by atoms with Crippen LogP contribution in [0.15, 0.2) is 24.3 Å². The highest BCUT2D eigenvalue weighted by molar-refractivity contribution is 5.77. The van der Waals surface area contributed by atoms with Crippen molar-refractivity contribution < 1.29 is 9.18 Å². The number of likely N-dealkylation sites (tertiary alicyclic amines) is 2. The van der Waals surface area contributed by atoms with Crippen LogP contribution in [-0.2, 0) is 11.3 Å². The fourth-order valence-electron chi connectivity index (χ4n) is 3.84. The lowest BCUT2D eigenvalue weighted by atomic mass is 9.80. The molecule has 1 spiro atoms. The third-order valence-corrected chi connectivity index (χ3v) is 5.07. The Kier molecular flexibility index (Phi) is 3.98. The van der Waals surface area contributed by atoms with E-state index in [-0.39, 0.29) is 17.3 Å². The number of benzene rings is 1. The van der Waals surface area contributed by atoms with Crippen molar-refractivity contribution in [2.24, 2.45) is 0 Å². The van der Waals surface area contributed by atoms with E-state index in [1.807, 2.05) is 24.1 Å². The number of carbonyl (C=O) groups excluding carboxylic acids is 1. The Morgan fingerprint density at radius 3 is 2.67 bits per heavy atom. The molecule has 0 saturated carbocycles. The van der Waals surface area contributed by atoms with Crippen LogP contribution in [0.4, 0.5) is 4.39 Å². The van der Waals surface area contributed by atoms with Crippen LogP contribution in [0.1, 0.15) is 37.7 Å². The van der Waals surface area contributed by atoms with E-state index < -0.39 is 0 Å². The number of piperidine rings is 2. The average molecular weight is 290 g/mol. The van der Waals surface area contributed by atoms with Crippen LogP contribution in [0.25, 0.3) is 0 Å². The standard InChI is InChI=1S/C17H23FN2O/c1-19-16(21)4-2-9-17(19)10-3-11-20(13-17)12-14-5-7-15(18)8-6-14/h5-8H,2-4,9-13H2,1H3/t17-/m0/s1. The molecule has 2 heterocycles. The summed E-state index contributed by atoms with van der Waals surface area (Å²) in [6.45, 7) is 2.83. The van der Waals surface area contributed by atoms with Crippen molar-refractivity contribution >= 4 is 5.91 Å². The maximum absolute atomic E-state index is 13.0. The normalized spacial score (nSPS) is 27.3. The van der Waals surface area contributed by atoms with Gasteiger partial charge in [-0.25, -0.2) is 4.39 Å². The lowest BCUT2D eigenvalue weighted by Crippen LogP contribution is -2.60. The van der Waals surface area contributed by atoms with Crippen molar-refractivity contribution in [3.8, 4) is 0 Å². The number of likely N-dealkylation sites (N-methyl/N-ethyl adjacent to an activating group) is 1. The molecule has 0 aromatic heterocycles. The molecule has 0 N–H and O–H groups in total. The maximum Gasteiger partial charge on any atom is 0.222 e. The summed E-state index contributed by atoms with van der Waals surface area (Å²) >= 11 is 0. The second-order valence-corrected chi connectivity index (χ2v) is 6.47. The van der Waals surface area contributed by atoms with Crippen LogP contribution in [0, 0.1) is 5.82 Å². The van der Waals surface area contributed by atoms with E-state index in [4.69, 9.17) is 0 Å². The first kappa shape index (κ1) is 14.5. The minimum Gasteiger partial charge on any atom is -0.339 e. The lowest BCUT2D eigenvalue weighted by molar-refractivity contribution is -0.142. The van der Waals surface area contributed by atoms with Gasteiger partial charge in [0.1, 0.15) is 5.82 Å². The minimum absolute atomic E-state index is 0.0214. The zero-order valence-corrected chi connectivity index (χ0v) is 12.6. The maximum atomic E-state index is 13.0. The van der Waals surface area contributed by atoms with E-state index in [1.54, 1.807) is 0 Å². The van der Waals surface area contributed by atoms with Crippen LogP contribution in [0.3, 0.4) is 0 Å². The number of hydrogen-bond donors (Lipinski definition) is 0. The first-order valence-corrected chi connectivity index (χ1v) is 7.83. The van der Waals surface area contributed by atoms with E-state index in [2.05, 4.69) is 4.90 Å². The van der Waals surface area contributed by atoms with Crippen molar-refractivity contribution in [2.45, 2.75) is 44.2 Å². The fourth-order valence-corrected chi connectivity index (χ4v) is 3.84. The number of hydrogen-bond acceptors (Lipinski definition) is 2. The van der Waals surface area contributed by atoms with E-state index >= 15 is 0 Å². The number of nitrogens with zero attached hydrogens (tertiary/aromatic N) is 2. The Hall–Kier alpha value is -1.42. The molecule has 0 radical (unpaired) electrons. The fraction of sp³-hybridized carbons (Fsp3) is 0.588. The molecule has 1 amide bonds. The molecule has 0 unspecified atom stereocenters. The van der Waals surface area contributed by atoms with Crippen molar-refractivity contribution in [1.29, 1.82) is 0 Å². The van der Waals surface area contributed by atoms with E-state index in [1.165, 1.54) is 12.1 Å². The molecule has 0 bridgehead atoms. The quantitative estimate of drug-likeness (QED) is 0.836. The summed E-state index contributed by atoms with van der Waals surface area (Å²) in [6.07, 6.45) is 5.03. The van der Waals surface area contributed by atoms with Crippen LogP contribution in [0.2, 0.25) is 0 Å². The largest absolute Gasteiger partial charge is 0.339 e. The van der Waals surface area contributed by atoms with Gasteiger partial charge in [0.2, 0.25) is 5.91 Å². The van der Waals surface area contributed by atoms with Gasteiger partial charge in [-0.15, -0.1) is 0 Å². The predicted octanol–water partition coefficient (Wildman–Crippen LogP) is 2.80. The summed E-state index contributed by atoms with van der Waals surface area (Å²) in [5.41, 5.74) is 1.16. The van der Waals surface area contributed by atoms with Crippen molar-refractivity contribution in [3.63, 3.8) is 0 Å². The molecular weight excluding hydrogens is 267 g/mol. The molecule has 1 aromatic carbocycles. The summed E-state index contributed by atoms with van der Waals surface area (Å²) in [5.74, 6) is 0.0938. The van der Waals surface area contributed by atoms with Crippen LogP contribution >= 0.6 is 0 Å². The van der Waals surface area contributed by atoms with Gasteiger partial charge in [0.05, 0.1) is 5.54 Å². The summed E-state index contributed by atoms with van der Waals surface area (Å²) in [4.78, 5) is 16.4. The topological polar surface area (TPSA) is 23.6 Å². The van der Waals surface area contributed by atoms with Gasteiger partial charge in [-0.05, 0) is 49.9 Å². The van der Waals surface area contributed by atoms with Crippen molar-refractivity contribution in [1.82, 2.24) is 9.80 Å². The predicted molar refractivity (Wildman–Crippen MR) is 80.3 cm³/mol. The number of carbonyl (C=O) groups is 1. The molecule has 1 aromatic rings. The first-order valence-electron chi connectivity index (χ1n) is 7.83. The van der Waals surface area contributed by atoms with Crippen molar-refractivity contribution in [2.75, 3.05) is 20.1 Å². The third-order valence-electron chi connectivity index (χ3n) is 5.07. The van der Waals surface area contributed by atoms with Gasteiger partial charge in [0, 0.05) is 26.6 Å². The monoisotopic (exact) mass is 290 g/mol. The Labute approximate surface area is 125 Å². The van der Waals surface area contributed by atoms with Crippen LogP contribution in [-0.4, -0.2) is 41.4 Å². The average Bonchev–Trinajstić information content (AvgIpc) is 2.48. The second kappa shape index (κ2) is 5.76. The number of rotatable bonds is 2.